The Kier molecular flexibility index (Phi) is 2.51. The fourth-order valence-electron chi connectivity index (χ4n) is 0.600. The second-order valence-electron chi connectivity index (χ2n) is 1.80. The van der Waals surface area contributed by atoms with Crippen molar-refractivity contribution < 1.29 is 4.79 Å². The molecule has 1 heterocycles. The fraction of sp³-hybridized carbons (Fsp3) is 0.167. The first-order valence-electron chi connectivity index (χ1n) is 3.09. The maximum Gasteiger partial charge on any atom is 0.272 e. The van der Waals surface area contributed by atoms with E-state index >= 15 is 0 Å². The third kappa shape index (κ3) is 1.98. The third-order valence-corrected chi connectivity index (χ3v) is 1.06. The molecule has 0 atom stereocenters. The summed E-state index contributed by atoms with van der Waals surface area (Å²) < 4.78 is 0. The average Bonchev–Trinajstić information content (AvgIpc) is 2.07. The highest BCUT2D eigenvalue weighted by Gasteiger charge is 2.02. The lowest BCUT2D eigenvalue weighted by Crippen LogP contribution is -2.29. The van der Waals surface area contributed by atoms with Gasteiger partial charge in [-0.25, -0.2) is 4.98 Å². The number of amides is 1. The Morgan fingerprint density at radius 3 is 3.00 bits per heavy atom. The van der Waals surface area contributed by atoms with E-state index in [-0.39, 0.29) is 18.3 Å². The van der Waals surface area contributed by atoms with Crippen molar-refractivity contribution in [2.24, 2.45) is 5.73 Å². The molecule has 0 aliphatic carbocycles. The smallest absolute Gasteiger partial charge is 0.272 e. The van der Waals surface area contributed by atoms with Crippen LogP contribution in [0.25, 0.3) is 0 Å². The van der Waals surface area contributed by atoms with Crippen LogP contribution < -0.4 is 11.1 Å². The second kappa shape index (κ2) is 3.62. The van der Waals surface area contributed by atoms with Gasteiger partial charge in [0.05, 0.1) is 12.9 Å². The lowest BCUT2D eigenvalue weighted by Gasteiger charge is -1.98. The molecule has 0 bridgehead atoms. The second-order valence-corrected chi connectivity index (χ2v) is 1.80. The summed E-state index contributed by atoms with van der Waals surface area (Å²) in [4.78, 5) is 18.4. The van der Waals surface area contributed by atoms with Crippen LogP contribution >= 0.6 is 0 Å². The van der Waals surface area contributed by atoms with Crippen LogP contribution in [0.15, 0.2) is 18.6 Å². The van der Waals surface area contributed by atoms with E-state index in [1.165, 1.54) is 18.6 Å². The minimum atomic E-state index is -0.305. The molecule has 0 radical (unpaired) electrons. The lowest BCUT2D eigenvalue weighted by atomic mass is 10.4. The molecule has 0 saturated carbocycles. The molecule has 1 rings (SSSR count). The number of nitrogens with zero attached hydrogens (tertiary/aromatic N) is 2. The van der Waals surface area contributed by atoms with Crippen molar-refractivity contribution in [2.45, 2.75) is 0 Å². The zero-order valence-electron chi connectivity index (χ0n) is 5.82. The number of carbonyl (C=O) groups excluding carboxylic acids is 1. The van der Waals surface area contributed by atoms with Crippen LogP contribution in [-0.2, 0) is 0 Å². The van der Waals surface area contributed by atoms with Gasteiger partial charge in [-0.2, -0.15) is 0 Å². The van der Waals surface area contributed by atoms with Gasteiger partial charge in [-0.3, -0.25) is 9.78 Å². The standard InChI is InChI=1S/C6H8N4O/c7-4-10-6(11)5-3-8-1-2-9-5/h1-3H,4,7H2,(H,10,11). The Hall–Kier alpha value is -1.49. The molecule has 58 valence electrons. The maximum atomic E-state index is 11.0. The number of nitrogens with two attached hydrogens (primary N) is 1. The summed E-state index contributed by atoms with van der Waals surface area (Å²) in [6, 6.07) is 0. The predicted molar refractivity (Wildman–Crippen MR) is 38.6 cm³/mol. The summed E-state index contributed by atoms with van der Waals surface area (Å²) in [5, 5.41) is 2.40. The maximum absolute atomic E-state index is 11.0. The first kappa shape index (κ1) is 7.62. The van der Waals surface area contributed by atoms with Crippen molar-refractivity contribution in [3.05, 3.63) is 24.3 Å². The van der Waals surface area contributed by atoms with E-state index in [1.54, 1.807) is 0 Å². The normalized spacial score (nSPS) is 9.18. The van der Waals surface area contributed by atoms with Gasteiger partial charge < -0.3 is 11.1 Å². The summed E-state index contributed by atoms with van der Waals surface area (Å²) in [5.74, 6) is -0.305. The summed E-state index contributed by atoms with van der Waals surface area (Å²) >= 11 is 0. The number of rotatable bonds is 2. The van der Waals surface area contributed by atoms with Crippen LogP contribution in [0, 0.1) is 0 Å². The van der Waals surface area contributed by atoms with E-state index in [4.69, 9.17) is 5.73 Å². The van der Waals surface area contributed by atoms with Crippen molar-refractivity contribution in [1.29, 1.82) is 0 Å². The molecule has 1 aromatic rings. The highest BCUT2D eigenvalue weighted by atomic mass is 16.1. The molecule has 1 aromatic heterocycles. The van der Waals surface area contributed by atoms with E-state index in [0.29, 0.717) is 0 Å². The van der Waals surface area contributed by atoms with Crippen LogP contribution in [0.2, 0.25) is 0 Å². The van der Waals surface area contributed by atoms with Gasteiger partial charge in [0.1, 0.15) is 5.69 Å². The molecule has 0 aliphatic rings. The Morgan fingerprint density at radius 1 is 1.64 bits per heavy atom. The van der Waals surface area contributed by atoms with E-state index in [1.807, 2.05) is 0 Å². The fourth-order valence-corrected chi connectivity index (χ4v) is 0.600. The van der Waals surface area contributed by atoms with E-state index in [9.17, 15) is 4.79 Å². The van der Waals surface area contributed by atoms with Crippen molar-refractivity contribution in [3.8, 4) is 0 Å². The molecule has 0 saturated heterocycles. The Bertz CT molecular complexity index is 236. The van der Waals surface area contributed by atoms with Gasteiger partial charge in [-0.05, 0) is 0 Å². The summed E-state index contributed by atoms with van der Waals surface area (Å²) in [6.07, 6.45) is 4.33. The Morgan fingerprint density at radius 2 is 2.45 bits per heavy atom. The SMILES string of the molecule is NCNC(=O)c1cnccn1. The number of hydrogen-bond acceptors (Lipinski definition) is 4. The molecular weight excluding hydrogens is 144 g/mol. The van der Waals surface area contributed by atoms with Gasteiger partial charge in [-0.15, -0.1) is 0 Å². The van der Waals surface area contributed by atoms with Crippen LogP contribution in [0.4, 0.5) is 0 Å². The van der Waals surface area contributed by atoms with Crippen LogP contribution in [0.5, 0.6) is 0 Å². The molecule has 0 spiro atoms. The number of nitrogens with one attached hydrogen (secondary N) is 1. The minimum Gasteiger partial charge on any atom is -0.338 e. The molecule has 0 aliphatic heterocycles. The average molecular weight is 152 g/mol. The summed E-state index contributed by atoms with van der Waals surface area (Å²) in [5.41, 5.74) is 5.36. The quantitative estimate of drug-likeness (QED) is 0.539. The summed E-state index contributed by atoms with van der Waals surface area (Å²) in [6.45, 7) is 0.107. The van der Waals surface area contributed by atoms with Gasteiger partial charge in [0.2, 0.25) is 0 Å². The lowest BCUT2D eigenvalue weighted by molar-refractivity contribution is 0.0949. The van der Waals surface area contributed by atoms with E-state index in [0.717, 1.165) is 0 Å². The molecule has 0 aromatic carbocycles. The molecule has 3 N–H and O–H groups in total. The molecule has 0 fully saturated rings. The van der Waals surface area contributed by atoms with Crippen molar-refractivity contribution >= 4 is 5.91 Å². The number of hydrogen-bond donors (Lipinski definition) is 2. The van der Waals surface area contributed by atoms with Crippen LogP contribution in [0.3, 0.4) is 0 Å². The van der Waals surface area contributed by atoms with E-state index < -0.39 is 0 Å². The Balaban J connectivity index is 2.69. The molecule has 5 heteroatoms. The molecule has 0 unspecified atom stereocenters. The molecule has 11 heavy (non-hydrogen) atoms. The third-order valence-electron chi connectivity index (χ3n) is 1.06. The van der Waals surface area contributed by atoms with Crippen LogP contribution in [0.1, 0.15) is 10.5 Å². The van der Waals surface area contributed by atoms with Crippen molar-refractivity contribution in [2.75, 3.05) is 6.67 Å². The first-order valence-corrected chi connectivity index (χ1v) is 3.09. The number of carbonyl (C=O) groups is 1. The minimum absolute atomic E-state index is 0.107. The van der Waals surface area contributed by atoms with Gasteiger partial charge >= 0.3 is 0 Å². The summed E-state index contributed by atoms with van der Waals surface area (Å²) in [7, 11) is 0. The highest BCUT2D eigenvalue weighted by Crippen LogP contribution is 1.87. The molecular formula is C6H8N4O. The predicted octanol–water partition coefficient (Wildman–Crippen LogP) is -0.877. The molecule has 5 nitrogen and oxygen atoms in total. The van der Waals surface area contributed by atoms with Gasteiger partial charge in [0, 0.05) is 12.4 Å². The zero-order valence-corrected chi connectivity index (χ0v) is 5.82. The van der Waals surface area contributed by atoms with Gasteiger partial charge in [0.15, 0.2) is 0 Å². The highest BCUT2D eigenvalue weighted by molar-refractivity contribution is 5.91. The van der Waals surface area contributed by atoms with Gasteiger partial charge in [-0.1, -0.05) is 0 Å². The topological polar surface area (TPSA) is 80.9 Å². The largest absolute Gasteiger partial charge is 0.338 e. The molecule has 1 amide bonds. The zero-order chi connectivity index (χ0) is 8.10. The number of aromatic nitrogens is 2. The Labute approximate surface area is 63.7 Å². The monoisotopic (exact) mass is 152 g/mol. The first-order chi connectivity index (χ1) is 5.34. The van der Waals surface area contributed by atoms with Crippen molar-refractivity contribution in [1.82, 2.24) is 15.3 Å². The van der Waals surface area contributed by atoms with Crippen LogP contribution in [-0.4, -0.2) is 22.5 Å². The van der Waals surface area contributed by atoms with Crippen molar-refractivity contribution in [3.63, 3.8) is 0 Å². The van der Waals surface area contributed by atoms with E-state index in [2.05, 4.69) is 15.3 Å². The van der Waals surface area contributed by atoms with Gasteiger partial charge in [0.25, 0.3) is 5.91 Å².